The molecule has 4 nitrogen and oxygen atoms in total. The van der Waals surface area contributed by atoms with E-state index in [2.05, 4.69) is 29.2 Å². The van der Waals surface area contributed by atoms with Crippen LogP contribution in [0.1, 0.15) is 24.5 Å². The Kier molecular flexibility index (Phi) is 3.91. The van der Waals surface area contributed by atoms with E-state index in [0.29, 0.717) is 5.17 Å². The van der Waals surface area contributed by atoms with Crippen LogP contribution in [0.2, 0.25) is 0 Å². The Morgan fingerprint density at radius 1 is 1.56 bits per heavy atom. The first-order valence-corrected chi connectivity index (χ1v) is 6.78. The van der Waals surface area contributed by atoms with Crippen molar-refractivity contribution in [3.8, 4) is 0 Å². The zero-order valence-electron chi connectivity index (χ0n) is 10.6. The second-order valence-corrected chi connectivity index (χ2v) is 5.48. The molecule has 2 rings (SSSR count). The lowest BCUT2D eigenvalue weighted by Crippen LogP contribution is -2.28. The number of nitrogens with two attached hydrogens (primary N) is 1. The largest absolute Gasteiger partial charge is 0.399 e. The summed E-state index contributed by atoms with van der Waals surface area (Å²) >= 11 is 1.61. The highest BCUT2D eigenvalue weighted by molar-refractivity contribution is 8.13. The highest BCUT2D eigenvalue weighted by Crippen LogP contribution is 2.34. The standard InChI is InChI=1S/C13H17N3OS/c1-13(6-7-18-12(14)16-13)11-5-3-4-10(8-11)9-15-17-2/h3-5,8-9H,6-7H2,1-2H3,(H2,14,16). The number of thioether (sulfide) groups is 1. The first-order chi connectivity index (χ1) is 8.64. The molecule has 0 amide bonds. The predicted octanol–water partition coefficient (Wildman–Crippen LogP) is 2.33. The minimum Gasteiger partial charge on any atom is -0.399 e. The smallest absolute Gasteiger partial charge is 0.154 e. The lowest BCUT2D eigenvalue weighted by atomic mass is 9.89. The van der Waals surface area contributed by atoms with Crippen LogP contribution in [0.3, 0.4) is 0 Å². The minimum atomic E-state index is -0.230. The van der Waals surface area contributed by atoms with Crippen LogP contribution in [-0.4, -0.2) is 24.2 Å². The van der Waals surface area contributed by atoms with Gasteiger partial charge in [-0.3, -0.25) is 4.99 Å². The quantitative estimate of drug-likeness (QED) is 0.672. The van der Waals surface area contributed by atoms with E-state index in [4.69, 9.17) is 10.6 Å². The second kappa shape index (κ2) is 5.44. The first-order valence-electron chi connectivity index (χ1n) is 5.79. The van der Waals surface area contributed by atoms with Gasteiger partial charge in [0.2, 0.25) is 0 Å². The molecule has 5 heteroatoms. The van der Waals surface area contributed by atoms with Crippen molar-refractivity contribution in [1.29, 1.82) is 0 Å². The third kappa shape index (κ3) is 2.85. The summed E-state index contributed by atoms with van der Waals surface area (Å²) in [7, 11) is 1.53. The molecule has 1 heterocycles. The van der Waals surface area contributed by atoms with Gasteiger partial charge < -0.3 is 10.6 Å². The molecule has 0 radical (unpaired) electrons. The fraction of sp³-hybridized carbons (Fsp3) is 0.385. The Labute approximate surface area is 111 Å². The third-order valence-electron chi connectivity index (χ3n) is 3.01. The molecule has 18 heavy (non-hydrogen) atoms. The maximum Gasteiger partial charge on any atom is 0.154 e. The first kappa shape index (κ1) is 13.0. The minimum absolute atomic E-state index is 0.230. The van der Waals surface area contributed by atoms with E-state index in [-0.39, 0.29) is 5.54 Å². The van der Waals surface area contributed by atoms with Gasteiger partial charge in [-0.1, -0.05) is 35.1 Å². The van der Waals surface area contributed by atoms with Crippen LogP contribution in [0.5, 0.6) is 0 Å². The number of amidine groups is 1. The molecule has 1 aliphatic rings. The van der Waals surface area contributed by atoms with E-state index in [9.17, 15) is 0 Å². The van der Waals surface area contributed by atoms with Crippen molar-refractivity contribution >= 4 is 23.1 Å². The number of aliphatic imine (C=N–C) groups is 1. The summed E-state index contributed by atoms with van der Waals surface area (Å²) in [6.45, 7) is 2.12. The number of benzene rings is 1. The molecule has 1 aromatic rings. The Morgan fingerprint density at radius 3 is 3.11 bits per heavy atom. The van der Waals surface area contributed by atoms with Crippen LogP contribution >= 0.6 is 11.8 Å². The Balaban J connectivity index is 2.33. The van der Waals surface area contributed by atoms with Crippen molar-refractivity contribution in [2.75, 3.05) is 12.9 Å². The molecule has 1 unspecified atom stereocenters. The number of oxime groups is 1. The molecule has 0 aliphatic carbocycles. The van der Waals surface area contributed by atoms with Gasteiger partial charge in [0, 0.05) is 5.75 Å². The molecular weight excluding hydrogens is 246 g/mol. The number of rotatable bonds is 3. The van der Waals surface area contributed by atoms with Gasteiger partial charge in [-0.25, -0.2) is 0 Å². The van der Waals surface area contributed by atoms with Gasteiger partial charge in [0.05, 0.1) is 11.8 Å². The van der Waals surface area contributed by atoms with E-state index >= 15 is 0 Å². The van der Waals surface area contributed by atoms with E-state index in [1.54, 1.807) is 18.0 Å². The summed E-state index contributed by atoms with van der Waals surface area (Å²) < 4.78 is 0. The Bertz CT molecular complexity index is 487. The van der Waals surface area contributed by atoms with E-state index in [0.717, 1.165) is 23.3 Å². The van der Waals surface area contributed by atoms with Crippen molar-refractivity contribution in [3.05, 3.63) is 35.4 Å². The Morgan fingerprint density at radius 2 is 2.39 bits per heavy atom. The average molecular weight is 263 g/mol. The highest BCUT2D eigenvalue weighted by atomic mass is 32.2. The van der Waals surface area contributed by atoms with Crippen molar-refractivity contribution in [2.45, 2.75) is 18.9 Å². The molecule has 0 fully saturated rings. The topological polar surface area (TPSA) is 60.0 Å². The van der Waals surface area contributed by atoms with E-state index in [1.165, 1.54) is 7.11 Å². The summed E-state index contributed by atoms with van der Waals surface area (Å²) in [6, 6.07) is 8.15. The maximum atomic E-state index is 5.83. The van der Waals surface area contributed by atoms with E-state index in [1.807, 2.05) is 12.1 Å². The lowest BCUT2D eigenvalue weighted by molar-refractivity contribution is 0.215. The van der Waals surface area contributed by atoms with Gasteiger partial charge >= 0.3 is 0 Å². The van der Waals surface area contributed by atoms with Crippen LogP contribution in [0.15, 0.2) is 34.4 Å². The van der Waals surface area contributed by atoms with Crippen molar-refractivity contribution < 1.29 is 4.84 Å². The summed E-state index contributed by atoms with van der Waals surface area (Å²) in [6.07, 6.45) is 2.68. The van der Waals surface area contributed by atoms with Gasteiger partial charge in [-0.15, -0.1) is 0 Å². The van der Waals surface area contributed by atoms with Crippen LogP contribution in [0, 0.1) is 0 Å². The molecule has 96 valence electrons. The van der Waals surface area contributed by atoms with Crippen molar-refractivity contribution in [3.63, 3.8) is 0 Å². The SMILES string of the molecule is CON=Cc1cccc(C2(C)CCSC(N)=N2)c1. The molecule has 0 aromatic heterocycles. The Hall–Kier alpha value is -1.49. The van der Waals surface area contributed by atoms with E-state index < -0.39 is 0 Å². The highest BCUT2D eigenvalue weighted by Gasteiger charge is 2.29. The summed E-state index contributed by atoms with van der Waals surface area (Å²) in [5, 5.41) is 4.44. The van der Waals surface area contributed by atoms with Crippen molar-refractivity contribution in [2.24, 2.45) is 15.9 Å². The molecular formula is C13H17N3OS. The monoisotopic (exact) mass is 263 g/mol. The molecule has 0 spiro atoms. The molecule has 1 aromatic carbocycles. The normalized spacial score (nSPS) is 24.0. The molecule has 2 N–H and O–H groups in total. The van der Waals surface area contributed by atoms with Crippen LogP contribution in [-0.2, 0) is 10.4 Å². The summed E-state index contributed by atoms with van der Waals surface area (Å²) in [5.41, 5.74) is 7.76. The molecule has 1 aliphatic heterocycles. The van der Waals surface area contributed by atoms with Crippen LogP contribution in [0.4, 0.5) is 0 Å². The van der Waals surface area contributed by atoms with Crippen LogP contribution < -0.4 is 5.73 Å². The van der Waals surface area contributed by atoms with Gasteiger partial charge in [0.15, 0.2) is 5.17 Å². The second-order valence-electron chi connectivity index (χ2n) is 4.36. The number of nitrogens with zero attached hydrogens (tertiary/aromatic N) is 2. The van der Waals surface area contributed by atoms with Gasteiger partial charge in [-0.2, -0.15) is 0 Å². The average Bonchev–Trinajstić information content (AvgIpc) is 2.36. The molecule has 0 bridgehead atoms. The third-order valence-corrected chi connectivity index (χ3v) is 3.81. The summed E-state index contributed by atoms with van der Waals surface area (Å²) in [4.78, 5) is 9.28. The zero-order chi connectivity index (χ0) is 13.0. The molecule has 0 saturated heterocycles. The van der Waals surface area contributed by atoms with Gasteiger partial charge in [0.25, 0.3) is 0 Å². The zero-order valence-corrected chi connectivity index (χ0v) is 11.4. The number of hydrogen-bond donors (Lipinski definition) is 1. The molecule has 1 atom stereocenters. The lowest BCUT2D eigenvalue weighted by Gasteiger charge is -2.29. The number of hydrogen-bond acceptors (Lipinski definition) is 5. The van der Waals surface area contributed by atoms with Crippen molar-refractivity contribution in [1.82, 2.24) is 0 Å². The fourth-order valence-corrected chi connectivity index (χ4v) is 2.94. The van der Waals surface area contributed by atoms with Gasteiger partial charge in [-0.05, 0) is 30.5 Å². The maximum absolute atomic E-state index is 5.83. The van der Waals surface area contributed by atoms with Gasteiger partial charge in [0.1, 0.15) is 7.11 Å². The predicted molar refractivity (Wildman–Crippen MR) is 77.1 cm³/mol. The molecule has 0 saturated carbocycles. The summed E-state index contributed by atoms with van der Waals surface area (Å²) in [5.74, 6) is 1.00. The van der Waals surface area contributed by atoms with Crippen LogP contribution in [0.25, 0.3) is 0 Å². The fourth-order valence-electron chi connectivity index (χ4n) is 1.96.